The van der Waals surface area contributed by atoms with Crippen LogP contribution in [0.25, 0.3) is 38.1 Å². The molecule has 3 aromatic heterocycles. The Kier molecular flexibility index (Phi) is 6.37. The van der Waals surface area contributed by atoms with E-state index in [0.717, 1.165) is 10.8 Å². The predicted molar refractivity (Wildman–Crippen MR) is 157 cm³/mol. The number of benzene rings is 3. The molecule has 0 radical (unpaired) electrons. The number of rotatable bonds is 8. The van der Waals surface area contributed by atoms with E-state index in [2.05, 4.69) is 10.3 Å². The van der Waals surface area contributed by atoms with Crippen molar-refractivity contribution in [2.24, 2.45) is 0 Å². The highest BCUT2D eigenvalue weighted by molar-refractivity contribution is 6.19. The third-order valence-electron chi connectivity index (χ3n) is 7.21. The first-order valence-electron chi connectivity index (χ1n) is 12.8. The van der Waals surface area contributed by atoms with Crippen LogP contribution < -0.4 is 34.6 Å². The molecule has 1 N–H and O–H groups in total. The largest absolute Gasteiger partial charge is 0.497 e. The molecule has 0 saturated heterocycles. The first kappa shape index (κ1) is 26.0. The maximum Gasteiger partial charge on any atom is 0.267 e. The average Bonchev–Trinajstić information content (AvgIpc) is 3.33. The number of pyridine rings is 2. The smallest absolute Gasteiger partial charge is 0.267 e. The highest BCUT2D eigenvalue weighted by atomic mass is 16.5. The van der Waals surface area contributed by atoms with Gasteiger partial charge < -0.3 is 29.0 Å². The van der Waals surface area contributed by atoms with E-state index in [0.29, 0.717) is 61.8 Å². The minimum atomic E-state index is -0.841. The fraction of sp³-hybridized carbons (Fsp3) is 0.194. The molecular formula is C31H27N3O7. The van der Waals surface area contributed by atoms with Gasteiger partial charge in [0, 0.05) is 28.4 Å². The zero-order valence-electron chi connectivity index (χ0n) is 23.1. The van der Waals surface area contributed by atoms with Crippen LogP contribution in [0, 0.1) is 0 Å². The Balaban J connectivity index is 1.42. The average molecular weight is 554 g/mol. The second-order valence-electron chi connectivity index (χ2n) is 9.41. The number of nitrogens with one attached hydrogen (secondary N) is 1. The predicted octanol–water partition coefficient (Wildman–Crippen LogP) is 5.03. The molecule has 1 atom stereocenters. The van der Waals surface area contributed by atoms with Crippen molar-refractivity contribution in [1.29, 1.82) is 0 Å². The van der Waals surface area contributed by atoms with Crippen molar-refractivity contribution in [2.75, 3.05) is 33.8 Å². The summed E-state index contributed by atoms with van der Waals surface area (Å²) in [5, 5.41) is 5.52. The lowest BCUT2D eigenvalue weighted by atomic mass is 10.1. The summed E-state index contributed by atoms with van der Waals surface area (Å²) in [4.78, 5) is 31.6. The zero-order chi connectivity index (χ0) is 28.8. The van der Waals surface area contributed by atoms with Gasteiger partial charge in [-0.3, -0.25) is 19.0 Å². The van der Waals surface area contributed by atoms with Crippen LogP contribution in [-0.4, -0.2) is 49.8 Å². The molecule has 0 aliphatic rings. The molecule has 6 aromatic rings. The van der Waals surface area contributed by atoms with Crippen molar-refractivity contribution < 1.29 is 28.5 Å². The summed E-state index contributed by atoms with van der Waals surface area (Å²) in [6, 6.07) is 16.0. The molecule has 0 spiro atoms. The number of aromatic nitrogens is 2. The highest BCUT2D eigenvalue weighted by Gasteiger charge is 2.23. The Labute approximate surface area is 234 Å². The normalized spacial score (nSPS) is 12.1. The number of methoxy groups -OCH3 is 4. The summed E-state index contributed by atoms with van der Waals surface area (Å²) in [5.41, 5.74) is 2.26. The molecule has 0 bridgehead atoms. The van der Waals surface area contributed by atoms with Crippen molar-refractivity contribution >= 4 is 49.7 Å². The van der Waals surface area contributed by atoms with Gasteiger partial charge in [0.05, 0.1) is 56.1 Å². The molecule has 3 heterocycles. The number of ether oxygens (including phenoxy) is 5. The molecule has 0 saturated carbocycles. The van der Waals surface area contributed by atoms with Crippen molar-refractivity contribution in [3.63, 3.8) is 0 Å². The van der Waals surface area contributed by atoms with E-state index < -0.39 is 6.10 Å². The number of fused-ring (bicyclic) bond motifs is 5. The van der Waals surface area contributed by atoms with Gasteiger partial charge in [-0.15, -0.1) is 0 Å². The number of amides is 1. The van der Waals surface area contributed by atoms with E-state index in [1.165, 1.54) is 21.3 Å². The molecule has 3 aromatic carbocycles. The Morgan fingerprint density at radius 1 is 0.829 bits per heavy atom. The summed E-state index contributed by atoms with van der Waals surface area (Å²) >= 11 is 0. The summed E-state index contributed by atoms with van der Waals surface area (Å²) in [6.07, 6.45) is 0.871. The van der Waals surface area contributed by atoms with Crippen molar-refractivity contribution in [1.82, 2.24) is 9.38 Å². The Bertz CT molecular complexity index is 2020. The Morgan fingerprint density at radius 2 is 1.59 bits per heavy atom. The van der Waals surface area contributed by atoms with Gasteiger partial charge in [0.1, 0.15) is 17.2 Å². The van der Waals surface area contributed by atoms with E-state index in [-0.39, 0.29) is 11.5 Å². The third-order valence-corrected chi connectivity index (χ3v) is 7.21. The first-order chi connectivity index (χ1) is 19.9. The SMILES string of the molecule is COc1ccc(OC)c(NC(=O)C(C)Oc2ccc3c(c2)c2ccnc4c5ccc(OC)c(OC)c5c(=O)n3c24)c1. The molecular weight excluding hydrogens is 526 g/mol. The summed E-state index contributed by atoms with van der Waals surface area (Å²) in [7, 11) is 6.11. The van der Waals surface area contributed by atoms with Crippen LogP contribution in [0.5, 0.6) is 28.7 Å². The van der Waals surface area contributed by atoms with Gasteiger partial charge in [-0.25, -0.2) is 0 Å². The molecule has 41 heavy (non-hydrogen) atoms. The molecule has 6 rings (SSSR count). The number of hydrogen-bond acceptors (Lipinski definition) is 8. The first-order valence-corrected chi connectivity index (χ1v) is 12.8. The van der Waals surface area contributed by atoms with E-state index in [1.54, 1.807) is 61.0 Å². The van der Waals surface area contributed by atoms with Crippen LogP contribution >= 0.6 is 0 Å². The van der Waals surface area contributed by atoms with E-state index in [4.69, 9.17) is 23.7 Å². The Hall–Kier alpha value is -5.25. The van der Waals surface area contributed by atoms with E-state index in [1.807, 2.05) is 18.2 Å². The van der Waals surface area contributed by atoms with Crippen LogP contribution in [0.2, 0.25) is 0 Å². The van der Waals surface area contributed by atoms with Crippen LogP contribution in [-0.2, 0) is 4.79 Å². The van der Waals surface area contributed by atoms with Crippen molar-refractivity contribution in [3.05, 3.63) is 71.1 Å². The number of nitrogens with zero attached hydrogens (tertiary/aromatic N) is 2. The maximum atomic E-state index is 13.9. The second kappa shape index (κ2) is 10.1. The molecule has 10 heteroatoms. The molecule has 208 valence electrons. The van der Waals surface area contributed by atoms with Crippen LogP contribution in [0.3, 0.4) is 0 Å². The molecule has 0 aliphatic heterocycles. The van der Waals surface area contributed by atoms with Gasteiger partial charge in [0.15, 0.2) is 17.6 Å². The number of carbonyl (C=O) groups is 1. The summed E-state index contributed by atoms with van der Waals surface area (Å²) in [6.45, 7) is 1.66. The summed E-state index contributed by atoms with van der Waals surface area (Å²) in [5.74, 6) is 2.00. The quantitative estimate of drug-likeness (QED) is 0.261. The maximum absolute atomic E-state index is 13.9. The molecule has 0 aliphatic carbocycles. The lowest BCUT2D eigenvalue weighted by Crippen LogP contribution is -2.30. The fourth-order valence-electron chi connectivity index (χ4n) is 5.28. The lowest BCUT2D eigenvalue weighted by Gasteiger charge is -2.17. The van der Waals surface area contributed by atoms with E-state index >= 15 is 0 Å². The van der Waals surface area contributed by atoms with Gasteiger partial charge in [0.2, 0.25) is 0 Å². The van der Waals surface area contributed by atoms with Crippen molar-refractivity contribution in [2.45, 2.75) is 13.0 Å². The minimum absolute atomic E-state index is 0.245. The van der Waals surface area contributed by atoms with Gasteiger partial charge >= 0.3 is 0 Å². The van der Waals surface area contributed by atoms with Crippen LogP contribution in [0.15, 0.2) is 65.6 Å². The van der Waals surface area contributed by atoms with Gasteiger partial charge in [-0.2, -0.15) is 0 Å². The van der Waals surface area contributed by atoms with Crippen molar-refractivity contribution in [3.8, 4) is 28.7 Å². The summed E-state index contributed by atoms with van der Waals surface area (Å²) < 4.78 is 29.4. The number of anilines is 1. The molecule has 1 unspecified atom stereocenters. The molecule has 0 fully saturated rings. The van der Waals surface area contributed by atoms with E-state index in [9.17, 15) is 9.59 Å². The fourth-order valence-corrected chi connectivity index (χ4v) is 5.28. The number of hydrogen-bond donors (Lipinski definition) is 1. The minimum Gasteiger partial charge on any atom is -0.497 e. The third kappa shape index (κ3) is 4.07. The topological polar surface area (TPSA) is 110 Å². The Morgan fingerprint density at radius 3 is 2.32 bits per heavy atom. The molecule has 1 amide bonds. The highest BCUT2D eigenvalue weighted by Crippen LogP contribution is 2.39. The number of carbonyl (C=O) groups excluding carboxylic acids is 1. The second-order valence-corrected chi connectivity index (χ2v) is 9.41. The molecule has 10 nitrogen and oxygen atoms in total. The lowest BCUT2D eigenvalue weighted by molar-refractivity contribution is -0.122. The monoisotopic (exact) mass is 553 g/mol. The van der Waals surface area contributed by atoms with Gasteiger partial charge in [-0.05, 0) is 55.5 Å². The van der Waals surface area contributed by atoms with Crippen LogP contribution in [0.1, 0.15) is 6.92 Å². The van der Waals surface area contributed by atoms with Gasteiger partial charge in [-0.1, -0.05) is 0 Å². The standard InChI is InChI=1S/C31H27N3O7/c1-16(30(35)33-22-15-17(37-2)7-10-24(22)38-3)41-18-6-9-23-21(14-18)19-12-13-32-27-20-8-11-25(39-4)29(40-5)26(20)31(36)34(23)28(19)27/h6-16H,1-5H3,(H,33,35). The van der Waals surface area contributed by atoms with Gasteiger partial charge in [0.25, 0.3) is 11.5 Å². The zero-order valence-corrected chi connectivity index (χ0v) is 23.1. The van der Waals surface area contributed by atoms with Crippen LogP contribution in [0.4, 0.5) is 5.69 Å².